The maximum atomic E-state index is 6.48. The molecule has 0 unspecified atom stereocenters. The number of ether oxygens (including phenoxy) is 4. The van der Waals surface area contributed by atoms with Gasteiger partial charge < -0.3 is 18.9 Å². The largest absolute Gasteiger partial charge is 0.487 e. The van der Waals surface area contributed by atoms with Gasteiger partial charge >= 0.3 is 0 Å². The molecule has 43 heavy (non-hydrogen) atoms. The van der Waals surface area contributed by atoms with Crippen LogP contribution in [0, 0.1) is 0 Å². The third kappa shape index (κ3) is 7.50. The van der Waals surface area contributed by atoms with Gasteiger partial charge in [-0.3, -0.25) is 0 Å². The molecule has 5 rings (SSSR count). The minimum atomic E-state index is -0.338. The predicted octanol–water partition coefficient (Wildman–Crippen LogP) is 12.2. The van der Waals surface area contributed by atoms with Crippen LogP contribution in [0.3, 0.4) is 0 Å². The second kappa shape index (κ2) is 11.0. The number of fused-ring (bicyclic) bond motifs is 3. The van der Waals surface area contributed by atoms with Crippen LogP contribution >= 0.6 is 34.0 Å². The molecule has 0 spiro atoms. The summed E-state index contributed by atoms with van der Waals surface area (Å²) in [5, 5.41) is 0. The predicted molar refractivity (Wildman–Crippen MR) is 187 cm³/mol. The maximum absolute atomic E-state index is 6.48. The Hall–Kier alpha value is -2.74. The average Bonchev–Trinajstić information content (AvgIpc) is 3.46. The molecule has 0 aliphatic rings. The van der Waals surface area contributed by atoms with Gasteiger partial charge in [0.15, 0.2) is 0 Å². The fourth-order valence-corrected chi connectivity index (χ4v) is 8.88. The first kappa shape index (κ1) is 31.7. The molecule has 0 N–H and O–H groups in total. The number of hydrogen-bond acceptors (Lipinski definition) is 7. The van der Waals surface area contributed by atoms with Crippen molar-refractivity contribution in [3.05, 3.63) is 48.5 Å². The molecule has 0 amide bonds. The summed E-state index contributed by atoms with van der Waals surface area (Å²) in [5.74, 6) is 3.35. The Morgan fingerprint density at radius 2 is 0.698 bits per heavy atom. The van der Waals surface area contributed by atoms with Crippen LogP contribution in [0.4, 0.5) is 0 Å². The van der Waals surface area contributed by atoms with E-state index in [0.717, 1.165) is 43.9 Å². The second-order valence-electron chi connectivity index (χ2n) is 14.8. The molecule has 0 fully saturated rings. The van der Waals surface area contributed by atoms with Crippen molar-refractivity contribution < 1.29 is 18.9 Å². The standard InChI is InChI=1S/C36H44O4S3/c1-33(2,3)37-21-15-13-16-22(38-34(4,5)6)29(21)25-19-27-31(42-25)32-28(41-27)20-26(43-32)30-23(39-35(7,8)9)17-14-18-24(30)40-36(10,11)12/h13-20H,1-12H3. The van der Waals surface area contributed by atoms with Crippen molar-refractivity contribution in [1.82, 2.24) is 0 Å². The summed E-state index contributed by atoms with van der Waals surface area (Å²) in [4.78, 5) is 2.29. The Morgan fingerprint density at radius 1 is 0.419 bits per heavy atom. The molecule has 0 aliphatic heterocycles. The summed E-state index contributed by atoms with van der Waals surface area (Å²) in [6, 6.07) is 16.8. The third-order valence-electron chi connectivity index (χ3n) is 5.96. The van der Waals surface area contributed by atoms with Crippen molar-refractivity contribution in [2.24, 2.45) is 0 Å². The van der Waals surface area contributed by atoms with Crippen molar-refractivity contribution in [2.45, 2.75) is 105 Å². The molecule has 5 aromatic rings. The lowest BCUT2D eigenvalue weighted by Gasteiger charge is -2.27. The van der Waals surface area contributed by atoms with Gasteiger partial charge in [0.25, 0.3) is 0 Å². The van der Waals surface area contributed by atoms with Crippen molar-refractivity contribution in [3.8, 4) is 43.9 Å². The van der Waals surface area contributed by atoms with Gasteiger partial charge in [-0.2, -0.15) is 0 Å². The quantitative estimate of drug-likeness (QED) is 0.186. The zero-order chi connectivity index (χ0) is 31.5. The molecule has 0 aliphatic carbocycles. The van der Waals surface area contributed by atoms with E-state index in [9.17, 15) is 0 Å². The van der Waals surface area contributed by atoms with E-state index >= 15 is 0 Å². The van der Waals surface area contributed by atoms with Crippen LogP contribution in [0.1, 0.15) is 83.1 Å². The van der Waals surface area contributed by atoms with E-state index in [1.54, 1.807) is 22.7 Å². The summed E-state index contributed by atoms with van der Waals surface area (Å²) < 4.78 is 31.0. The molecular weight excluding hydrogens is 593 g/mol. The van der Waals surface area contributed by atoms with Crippen LogP contribution in [-0.4, -0.2) is 22.4 Å². The Balaban J connectivity index is 1.66. The van der Waals surface area contributed by atoms with E-state index in [2.05, 4.69) is 95.2 Å². The molecule has 230 valence electrons. The minimum Gasteiger partial charge on any atom is -0.487 e. The topological polar surface area (TPSA) is 36.9 Å². The normalized spacial score (nSPS) is 13.1. The van der Waals surface area contributed by atoms with E-state index in [0.29, 0.717) is 0 Å². The first-order valence-electron chi connectivity index (χ1n) is 14.8. The molecule has 7 heteroatoms. The van der Waals surface area contributed by atoms with E-state index in [1.165, 1.54) is 18.8 Å². The molecule has 4 nitrogen and oxygen atoms in total. The van der Waals surface area contributed by atoms with Gasteiger partial charge in [-0.05, 0) is 119 Å². The Bertz CT molecular complexity index is 1560. The summed E-state index contributed by atoms with van der Waals surface area (Å²) in [6.07, 6.45) is 0. The van der Waals surface area contributed by atoms with Crippen molar-refractivity contribution in [3.63, 3.8) is 0 Å². The summed E-state index contributed by atoms with van der Waals surface area (Å²) in [7, 11) is 0. The minimum absolute atomic E-state index is 0.338. The summed E-state index contributed by atoms with van der Waals surface area (Å²) >= 11 is 5.43. The SMILES string of the molecule is CC(C)(C)Oc1cccc(OC(C)(C)C)c1-c1cc2sc3cc(-c4c(OC(C)(C)C)cccc4OC(C)(C)C)sc3c2s1. The lowest BCUT2D eigenvalue weighted by Crippen LogP contribution is -2.25. The Labute approximate surface area is 268 Å². The molecule has 3 heterocycles. The summed E-state index contributed by atoms with van der Waals surface area (Å²) in [6.45, 7) is 25.0. The van der Waals surface area contributed by atoms with Crippen molar-refractivity contribution in [2.75, 3.05) is 0 Å². The highest BCUT2D eigenvalue weighted by Crippen LogP contribution is 2.53. The molecule has 3 aromatic heterocycles. The van der Waals surface area contributed by atoms with Crippen LogP contribution in [0.2, 0.25) is 0 Å². The Kier molecular flexibility index (Phi) is 8.11. The first-order chi connectivity index (χ1) is 19.8. The second-order valence-corrected chi connectivity index (χ2v) is 18.0. The van der Waals surface area contributed by atoms with Gasteiger partial charge in [0.2, 0.25) is 0 Å². The maximum Gasteiger partial charge on any atom is 0.132 e. The highest BCUT2D eigenvalue weighted by Gasteiger charge is 2.27. The van der Waals surface area contributed by atoms with Crippen LogP contribution in [0.5, 0.6) is 23.0 Å². The molecule has 2 aromatic carbocycles. The van der Waals surface area contributed by atoms with Gasteiger partial charge in [0, 0.05) is 19.2 Å². The van der Waals surface area contributed by atoms with Gasteiger partial charge in [0.1, 0.15) is 45.4 Å². The fourth-order valence-electron chi connectivity index (χ4n) is 4.75. The van der Waals surface area contributed by atoms with Gasteiger partial charge in [0.05, 0.1) is 20.5 Å². The van der Waals surface area contributed by atoms with Crippen molar-refractivity contribution in [1.29, 1.82) is 0 Å². The molecule has 0 saturated heterocycles. The van der Waals surface area contributed by atoms with Crippen LogP contribution < -0.4 is 18.9 Å². The summed E-state index contributed by atoms with van der Waals surface area (Å²) in [5.41, 5.74) is 0.666. The molecule has 0 atom stereocenters. The van der Waals surface area contributed by atoms with Gasteiger partial charge in [-0.1, -0.05) is 12.1 Å². The van der Waals surface area contributed by atoms with E-state index < -0.39 is 0 Å². The smallest absolute Gasteiger partial charge is 0.132 e. The number of benzene rings is 2. The molecule has 0 saturated carbocycles. The van der Waals surface area contributed by atoms with E-state index in [1.807, 2.05) is 47.7 Å². The highest BCUT2D eigenvalue weighted by molar-refractivity contribution is 7.40. The number of hydrogen-bond donors (Lipinski definition) is 0. The first-order valence-corrected chi connectivity index (χ1v) is 17.2. The van der Waals surface area contributed by atoms with Crippen LogP contribution in [0.15, 0.2) is 48.5 Å². The van der Waals surface area contributed by atoms with E-state index in [-0.39, 0.29) is 22.4 Å². The third-order valence-corrected chi connectivity index (χ3v) is 9.77. The van der Waals surface area contributed by atoms with Crippen LogP contribution in [-0.2, 0) is 0 Å². The zero-order valence-corrected chi connectivity index (χ0v) is 29.9. The number of rotatable bonds is 6. The molecule has 0 radical (unpaired) electrons. The lowest BCUT2D eigenvalue weighted by atomic mass is 10.1. The van der Waals surface area contributed by atoms with Gasteiger partial charge in [-0.15, -0.1) is 34.0 Å². The Morgan fingerprint density at radius 3 is 0.953 bits per heavy atom. The molecule has 0 bridgehead atoms. The monoisotopic (exact) mass is 636 g/mol. The lowest BCUT2D eigenvalue weighted by molar-refractivity contribution is 0.122. The zero-order valence-electron chi connectivity index (χ0n) is 27.5. The van der Waals surface area contributed by atoms with Crippen molar-refractivity contribution >= 4 is 52.8 Å². The van der Waals surface area contributed by atoms with E-state index in [4.69, 9.17) is 18.9 Å². The fraction of sp³-hybridized carbons (Fsp3) is 0.444. The number of thiophene rings is 3. The average molecular weight is 637 g/mol. The highest BCUT2D eigenvalue weighted by atomic mass is 32.1. The molecular formula is C36H44O4S3. The van der Waals surface area contributed by atoms with Gasteiger partial charge in [-0.25, -0.2) is 0 Å². The van der Waals surface area contributed by atoms with Crippen LogP contribution in [0.25, 0.3) is 39.7 Å².